The van der Waals surface area contributed by atoms with Crippen molar-refractivity contribution in [3.05, 3.63) is 59.3 Å². The van der Waals surface area contributed by atoms with Gasteiger partial charge in [0.05, 0.1) is 17.7 Å². The molecule has 1 aromatic carbocycles. The number of benzene rings is 1. The van der Waals surface area contributed by atoms with Crippen LogP contribution < -0.4 is 10.1 Å². The zero-order chi connectivity index (χ0) is 28.2. The molecule has 2 aliphatic rings. The van der Waals surface area contributed by atoms with Gasteiger partial charge in [0.15, 0.2) is 0 Å². The molecule has 2 atom stereocenters. The van der Waals surface area contributed by atoms with Crippen LogP contribution >= 0.6 is 0 Å². The smallest absolute Gasteiger partial charge is 0.410 e. The van der Waals surface area contributed by atoms with Gasteiger partial charge in [0.25, 0.3) is 5.91 Å². The van der Waals surface area contributed by atoms with Crippen LogP contribution in [-0.2, 0) is 17.7 Å². The topological polar surface area (TPSA) is 142 Å². The minimum atomic E-state index is -1.12. The number of aliphatic hydroxyl groups excluding tert-OH is 1. The number of likely N-dealkylation sites (tertiary alicyclic amines) is 1. The number of carboxylic acid groups (broad SMARTS) is 1. The highest BCUT2D eigenvalue weighted by molar-refractivity contribution is 5.93. The predicted octanol–water partition coefficient (Wildman–Crippen LogP) is 3.06. The Hall–Kier alpha value is -3.86. The molecule has 4 rings (SSSR count). The van der Waals surface area contributed by atoms with Crippen molar-refractivity contribution in [2.75, 3.05) is 19.6 Å². The highest BCUT2D eigenvalue weighted by Gasteiger charge is 2.34. The van der Waals surface area contributed by atoms with Crippen molar-refractivity contribution < 1.29 is 34.1 Å². The molecule has 0 radical (unpaired) electrons. The van der Waals surface area contributed by atoms with E-state index in [0.717, 1.165) is 11.1 Å². The first-order valence-corrected chi connectivity index (χ1v) is 13.1. The third-order valence-corrected chi connectivity index (χ3v) is 6.83. The lowest BCUT2D eigenvalue weighted by molar-refractivity contribution is 0.0123. The van der Waals surface area contributed by atoms with Crippen LogP contribution in [0.2, 0.25) is 0 Å². The molecule has 0 unspecified atom stereocenters. The average molecular weight is 541 g/mol. The van der Waals surface area contributed by atoms with Gasteiger partial charge in [-0.25, -0.2) is 14.6 Å². The molecule has 1 fully saturated rings. The van der Waals surface area contributed by atoms with Crippen molar-refractivity contribution in [1.29, 1.82) is 0 Å². The summed E-state index contributed by atoms with van der Waals surface area (Å²) < 4.78 is 11.4. The Bertz CT molecular complexity index is 1170. The number of nitrogens with zero attached hydrogens (tertiary/aromatic N) is 3. The fourth-order valence-corrected chi connectivity index (χ4v) is 4.77. The monoisotopic (exact) mass is 540 g/mol. The van der Waals surface area contributed by atoms with E-state index in [2.05, 4.69) is 10.3 Å². The van der Waals surface area contributed by atoms with Crippen molar-refractivity contribution in [2.24, 2.45) is 0 Å². The van der Waals surface area contributed by atoms with Gasteiger partial charge in [-0.2, -0.15) is 0 Å². The third kappa shape index (κ3) is 7.38. The minimum absolute atomic E-state index is 0.107. The van der Waals surface area contributed by atoms with Gasteiger partial charge in [0.1, 0.15) is 11.7 Å². The molecule has 11 heteroatoms. The van der Waals surface area contributed by atoms with E-state index in [0.29, 0.717) is 43.8 Å². The number of hydrogen-bond acceptors (Lipinski definition) is 7. The standard InChI is InChI=1S/C28H36N4O7/c1-28(2,3)39-27(37)31-12-10-21(11-13-31)38-24-9-8-19(15-29-24)25(34)30-16-23(33)22-14-18-6-4-5-7-20(18)17-32(22)26(35)36/h4-9,15,21-23,33H,10-14,16-17H2,1-3H3,(H,30,34)(H,35,36)/t22-,23+/m0/s1. The third-order valence-electron chi connectivity index (χ3n) is 6.83. The maximum absolute atomic E-state index is 12.7. The van der Waals surface area contributed by atoms with Gasteiger partial charge in [-0.1, -0.05) is 24.3 Å². The number of piperidine rings is 1. The summed E-state index contributed by atoms with van der Waals surface area (Å²) in [7, 11) is 0. The largest absolute Gasteiger partial charge is 0.474 e. The molecule has 0 saturated carbocycles. The number of aliphatic hydroxyl groups is 1. The van der Waals surface area contributed by atoms with Gasteiger partial charge in [-0.05, 0) is 44.4 Å². The second kappa shape index (κ2) is 11.9. The number of rotatable bonds is 6. The van der Waals surface area contributed by atoms with Crippen molar-refractivity contribution >= 4 is 18.1 Å². The van der Waals surface area contributed by atoms with Crippen molar-refractivity contribution in [3.63, 3.8) is 0 Å². The van der Waals surface area contributed by atoms with Gasteiger partial charge >= 0.3 is 12.2 Å². The van der Waals surface area contributed by atoms with E-state index in [1.54, 1.807) is 17.0 Å². The molecule has 2 aromatic rings. The summed E-state index contributed by atoms with van der Waals surface area (Å²) in [6.07, 6.45) is 0.403. The van der Waals surface area contributed by atoms with Crippen molar-refractivity contribution in [1.82, 2.24) is 20.1 Å². The van der Waals surface area contributed by atoms with E-state index in [9.17, 15) is 24.6 Å². The minimum Gasteiger partial charge on any atom is -0.474 e. The van der Waals surface area contributed by atoms with E-state index in [1.165, 1.54) is 11.1 Å². The van der Waals surface area contributed by atoms with Gasteiger partial charge in [0, 0.05) is 51.3 Å². The molecule has 1 saturated heterocycles. The summed E-state index contributed by atoms with van der Waals surface area (Å²) >= 11 is 0. The zero-order valence-electron chi connectivity index (χ0n) is 22.5. The molecule has 210 valence electrons. The van der Waals surface area contributed by atoms with E-state index in [-0.39, 0.29) is 25.3 Å². The first-order chi connectivity index (χ1) is 18.5. The van der Waals surface area contributed by atoms with Gasteiger partial charge in [-0.3, -0.25) is 9.69 Å². The molecule has 39 heavy (non-hydrogen) atoms. The maximum Gasteiger partial charge on any atom is 0.410 e. The van der Waals surface area contributed by atoms with Crippen LogP contribution in [0.25, 0.3) is 0 Å². The number of nitrogens with one attached hydrogen (secondary N) is 1. The summed E-state index contributed by atoms with van der Waals surface area (Å²) in [5.74, 6) is -0.0582. The van der Waals surface area contributed by atoms with E-state index < -0.39 is 29.7 Å². The number of fused-ring (bicyclic) bond motifs is 1. The number of carbonyl (C=O) groups excluding carboxylic acids is 2. The Morgan fingerprint density at radius 1 is 1.10 bits per heavy atom. The first kappa shape index (κ1) is 28.2. The molecule has 3 heterocycles. The highest BCUT2D eigenvalue weighted by Crippen LogP contribution is 2.25. The molecule has 1 aromatic heterocycles. The Balaban J connectivity index is 1.25. The van der Waals surface area contributed by atoms with E-state index >= 15 is 0 Å². The van der Waals surface area contributed by atoms with E-state index in [4.69, 9.17) is 9.47 Å². The van der Waals surface area contributed by atoms with E-state index in [1.807, 2.05) is 45.0 Å². The normalized spacial score (nSPS) is 18.6. The molecule has 2 aliphatic heterocycles. The van der Waals surface area contributed by atoms with Crippen LogP contribution in [0.4, 0.5) is 9.59 Å². The molecule has 11 nitrogen and oxygen atoms in total. The number of aromatic nitrogens is 1. The Kier molecular flexibility index (Phi) is 8.59. The molecule has 0 bridgehead atoms. The second-order valence-corrected chi connectivity index (χ2v) is 10.9. The fourth-order valence-electron chi connectivity index (χ4n) is 4.77. The fraction of sp³-hybridized carbons (Fsp3) is 0.500. The van der Waals surface area contributed by atoms with Crippen LogP contribution in [0.15, 0.2) is 42.6 Å². The maximum atomic E-state index is 12.7. The second-order valence-electron chi connectivity index (χ2n) is 10.9. The number of ether oxygens (including phenoxy) is 2. The number of amides is 3. The van der Waals surface area contributed by atoms with Crippen LogP contribution in [0.5, 0.6) is 5.88 Å². The van der Waals surface area contributed by atoms with Crippen LogP contribution in [0.1, 0.15) is 55.1 Å². The quantitative estimate of drug-likeness (QED) is 0.508. The number of pyridine rings is 1. The first-order valence-electron chi connectivity index (χ1n) is 13.1. The summed E-state index contributed by atoms with van der Waals surface area (Å²) in [6, 6.07) is 10.1. The Morgan fingerprint density at radius 2 is 1.79 bits per heavy atom. The molecular weight excluding hydrogens is 504 g/mol. The molecular formula is C28H36N4O7. The molecule has 3 amide bonds. The van der Waals surface area contributed by atoms with Gasteiger partial charge in [-0.15, -0.1) is 0 Å². The lowest BCUT2D eigenvalue weighted by Gasteiger charge is -2.37. The van der Waals surface area contributed by atoms with Crippen LogP contribution in [0.3, 0.4) is 0 Å². The summed E-state index contributed by atoms with van der Waals surface area (Å²) in [6.45, 7) is 6.63. The number of hydrogen-bond donors (Lipinski definition) is 3. The van der Waals surface area contributed by atoms with Gasteiger partial charge in [0.2, 0.25) is 5.88 Å². The summed E-state index contributed by atoms with van der Waals surface area (Å²) in [5, 5.41) is 23.1. The predicted molar refractivity (Wildman–Crippen MR) is 142 cm³/mol. The lowest BCUT2D eigenvalue weighted by Crippen LogP contribution is -2.53. The van der Waals surface area contributed by atoms with Crippen molar-refractivity contribution in [3.8, 4) is 5.88 Å². The number of carbonyl (C=O) groups is 3. The molecule has 0 spiro atoms. The average Bonchev–Trinajstić information content (AvgIpc) is 2.90. The van der Waals surface area contributed by atoms with Gasteiger partial charge < -0.3 is 29.9 Å². The Labute approximate surface area is 227 Å². The van der Waals surface area contributed by atoms with Crippen LogP contribution in [0, 0.1) is 0 Å². The van der Waals surface area contributed by atoms with Crippen LogP contribution in [-0.4, -0.2) is 86.6 Å². The Morgan fingerprint density at radius 3 is 2.41 bits per heavy atom. The molecule has 3 N–H and O–H groups in total. The SMILES string of the molecule is CC(C)(C)OC(=O)N1CCC(Oc2ccc(C(=O)NC[C@@H](O)[C@@H]3Cc4ccccc4CN3C(=O)O)cn2)CC1. The summed E-state index contributed by atoms with van der Waals surface area (Å²) in [4.78, 5) is 43.8. The van der Waals surface area contributed by atoms with Crippen molar-refractivity contribution in [2.45, 2.75) is 70.4 Å². The summed E-state index contributed by atoms with van der Waals surface area (Å²) in [5.41, 5.74) is 1.65. The molecule has 0 aliphatic carbocycles. The highest BCUT2D eigenvalue weighted by atomic mass is 16.6. The lowest BCUT2D eigenvalue weighted by atomic mass is 9.91. The zero-order valence-corrected chi connectivity index (χ0v) is 22.5.